The van der Waals surface area contributed by atoms with Gasteiger partial charge in [-0.3, -0.25) is 9.82 Å². The molecule has 0 aromatic carbocycles. The lowest BCUT2D eigenvalue weighted by Gasteiger charge is -2.05. The predicted octanol–water partition coefficient (Wildman–Crippen LogP) is 1.59. The Morgan fingerprint density at radius 2 is 2.16 bits per heavy atom. The second-order valence-corrected chi connectivity index (χ2v) is 6.41. The molecule has 0 atom stereocenters. The third-order valence-corrected chi connectivity index (χ3v) is 5.01. The van der Waals surface area contributed by atoms with Gasteiger partial charge in [-0.05, 0) is 25.3 Å². The molecule has 0 amide bonds. The molecule has 0 spiro atoms. The summed E-state index contributed by atoms with van der Waals surface area (Å²) < 4.78 is 26.5. The topological polar surface area (TPSA) is 112 Å². The van der Waals surface area contributed by atoms with Crippen LogP contribution in [-0.2, 0) is 10.0 Å². The third kappa shape index (κ3) is 2.47. The maximum Gasteiger partial charge on any atom is 0.347 e. The van der Waals surface area contributed by atoms with Crippen LogP contribution in [0, 0.1) is 13.8 Å². The van der Waals surface area contributed by atoms with Crippen LogP contribution in [0.5, 0.6) is 0 Å². The van der Waals surface area contributed by atoms with Gasteiger partial charge in [0.2, 0.25) is 0 Å². The third-order valence-electron chi connectivity index (χ3n) is 2.60. The highest BCUT2D eigenvalue weighted by Gasteiger charge is 2.25. The number of rotatable bonds is 4. The maximum atomic E-state index is 12.1. The number of nitrogens with one attached hydrogen (secondary N) is 2. The Labute approximate surface area is 113 Å². The SMILES string of the molecule is Cc1[nH]nc(NS(=O)(=O)c2ccsc2C(=O)O)c1C. The molecule has 2 aromatic heterocycles. The van der Waals surface area contributed by atoms with Crippen molar-refractivity contribution in [1.29, 1.82) is 0 Å². The van der Waals surface area contributed by atoms with Gasteiger partial charge < -0.3 is 5.11 Å². The molecule has 2 heterocycles. The van der Waals surface area contributed by atoms with Gasteiger partial charge in [0, 0.05) is 11.3 Å². The minimum Gasteiger partial charge on any atom is -0.477 e. The van der Waals surface area contributed by atoms with E-state index in [1.54, 1.807) is 13.8 Å². The summed E-state index contributed by atoms with van der Waals surface area (Å²) in [5, 5.41) is 16.8. The van der Waals surface area contributed by atoms with Gasteiger partial charge in [-0.25, -0.2) is 13.2 Å². The molecular formula is C10H11N3O4S2. The Morgan fingerprint density at radius 1 is 1.47 bits per heavy atom. The van der Waals surface area contributed by atoms with Gasteiger partial charge in [-0.2, -0.15) is 5.10 Å². The van der Waals surface area contributed by atoms with Crippen LogP contribution in [0.4, 0.5) is 5.82 Å². The largest absolute Gasteiger partial charge is 0.477 e. The normalized spacial score (nSPS) is 11.5. The smallest absolute Gasteiger partial charge is 0.347 e. The summed E-state index contributed by atoms with van der Waals surface area (Å²) in [5.74, 6) is -1.11. The average molecular weight is 301 g/mol. The summed E-state index contributed by atoms with van der Waals surface area (Å²) in [6.45, 7) is 3.47. The van der Waals surface area contributed by atoms with Crippen molar-refractivity contribution in [2.24, 2.45) is 0 Å². The summed E-state index contributed by atoms with van der Waals surface area (Å²) >= 11 is 0.858. The first-order valence-corrected chi connectivity index (χ1v) is 7.54. The average Bonchev–Trinajstić information content (AvgIpc) is 2.91. The zero-order valence-electron chi connectivity index (χ0n) is 10.1. The number of H-pyrrole nitrogens is 1. The fraction of sp³-hybridized carbons (Fsp3) is 0.200. The lowest BCUT2D eigenvalue weighted by atomic mass is 10.3. The van der Waals surface area contributed by atoms with E-state index in [1.165, 1.54) is 11.4 Å². The summed E-state index contributed by atoms with van der Waals surface area (Å²) in [5.41, 5.74) is 1.40. The zero-order valence-corrected chi connectivity index (χ0v) is 11.7. The van der Waals surface area contributed by atoms with E-state index >= 15 is 0 Å². The molecule has 19 heavy (non-hydrogen) atoms. The number of carbonyl (C=O) groups is 1. The van der Waals surface area contributed by atoms with Gasteiger partial charge in [0.05, 0.1) is 0 Å². The number of hydrogen-bond acceptors (Lipinski definition) is 5. The minimum atomic E-state index is -3.96. The highest BCUT2D eigenvalue weighted by molar-refractivity contribution is 7.93. The monoisotopic (exact) mass is 301 g/mol. The number of aryl methyl sites for hydroxylation is 1. The maximum absolute atomic E-state index is 12.1. The molecule has 0 bridgehead atoms. The van der Waals surface area contributed by atoms with Crippen molar-refractivity contribution in [2.45, 2.75) is 18.7 Å². The number of carboxylic acid groups (broad SMARTS) is 1. The Hall–Kier alpha value is -1.87. The van der Waals surface area contributed by atoms with Crippen LogP contribution in [0.3, 0.4) is 0 Å². The Balaban J connectivity index is 2.41. The van der Waals surface area contributed by atoms with Gasteiger partial charge in [-0.1, -0.05) is 0 Å². The number of sulfonamides is 1. The first-order chi connectivity index (χ1) is 8.83. The molecule has 0 saturated heterocycles. The van der Waals surface area contributed by atoms with E-state index in [4.69, 9.17) is 5.11 Å². The molecule has 3 N–H and O–H groups in total. The minimum absolute atomic E-state index is 0.167. The van der Waals surface area contributed by atoms with Crippen molar-refractivity contribution in [3.8, 4) is 0 Å². The standard InChI is InChI=1S/C10H11N3O4S2/c1-5-6(2)11-12-9(5)13-19(16,17)7-3-4-18-8(7)10(14)15/h3-4H,1-2H3,(H,14,15)(H2,11,12,13). The molecule has 0 unspecified atom stereocenters. The van der Waals surface area contributed by atoms with E-state index in [1.807, 2.05) is 0 Å². The second kappa shape index (κ2) is 4.67. The highest BCUT2D eigenvalue weighted by Crippen LogP contribution is 2.25. The fourth-order valence-electron chi connectivity index (χ4n) is 1.43. The van der Waals surface area contributed by atoms with E-state index < -0.39 is 16.0 Å². The van der Waals surface area contributed by atoms with Crippen molar-refractivity contribution in [2.75, 3.05) is 4.72 Å². The van der Waals surface area contributed by atoms with E-state index in [2.05, 4.69) is 14.9 Å². The van der Waals surface area contributed by atoms with Crippen LogP contribution in [0.25, 0.3) is 0 Å². The van der Waals surface area contributed by atoms with Crippen LogP contribution in [0.2, 0.25) is 0 Å². The number of aromatic carboxylic acids is 1. The van der Waals surface area contributed by atoms with Crippen molar-refractivity contribution >= 4 is 33.1 Å². The molecule has 2 aromatic rings. The first kappa shape index (κ1) is 13.6. The lowest BCUT2D eigenvalue weighted by molar-refractivity contribution is 0.0698. The molecule has 0 aliphatic rings. The molecule has 102 valence electrons. The van der Waals surface area contributed by atoms with Crippen LogP contribution in [0.15, 0.2) is 16.3 Å². The molecule has 0 saturated carbocycles. The van der Waals surface area contributed by atoms with Crippen LogP contribution in [-0.4, -0.2) is 29.7 Å². The summed E-state index contributed by atoms with van der Waals surface area (Å²) in [6, 6.07) is 1.26. The molecule has 0 radical (unpaired) electrons. The number of thiophene rings is 1. The number of nitrogens with zero attached hydrogens (tertiary/aromatic N) is 1. The first-order valence-electron chi connectivity index (χ1n) is 5.18. The molecule has 0 aliphatic heterocycles. The summed E-state index contributed by atoms with van der Waals surface area (Å²) in [7, 11) is -3.96. The summed E-state index contributed by atoms with van der Waals surface area (Å²) in [6.07, 6.45) is 0. The van der Waals surface area contributed by atoms with E-state index in [0.717, 1.165) is 17.0 Å². The van der Waals surface area contributed by atoms with E-state index in [9.17, 15) is 13.2 Å². The predicted molar refractivity (Wildman–Crippen MR) is 70.1 cm³/mol. The Bertz CT molecular complexity index is 730. The molecular weight excluding hydrogens is 290 g/mol. The van der Waals surface area contributed by atoms with Gasteiger partial charge in [0.1, 0.15) is 9.77 Å². The van der Waals surface area contributed by atoms with Crippen LogP contribution in [0.1, 0.15) is 20.9 Å². The van der Waals surface area contributed by atoms with Crippen molar-refractivity contribution in [3.05, 3.63) is 27.6 Å². The Kier molecular flexibility index (Phi) is 3.33. The second-order valence-electron chi connectivity index (χ2n) is 3.85. The molecule has 2 rings (SSSR count). The van der Waals surface area contributed by atoms with Gasteiger partial charge >= 0.3 is 5.97 Å². The van der Waals surface area contributed by atoms with Gasteiger partial charge in [0.25, 0.3) is 10.0 Å². The number of aromatic nitrogens is 2. The van der Waals surface area contributed by atoms with Crippen molar-refractivity contribution in [1.82, 2.24) is 10.2 Å². The molecule has 9 heteroatoms. The quantitative estimate of drug-likeness (QED) is 0.793. The number of carboxylic acids is 1. The number of aromatic amines is 1. The fourth-order valence-corrected chi connectivity index (χ4v) is 3.76. The van der Waals surface area contributed by atoms with E-state index in [0.29, 0.717) is 5.56 Å². The lowest BCUT2D eigenvalue weighted by Crippen LogP contribution is -2.16. The summed E-state index contributed by atoms with van der Waals surface area (Å²) in [4.78, 5) is 10.5. The molecule has 0 fully saturated rings. The Morgan fingerprint density at radius 3 is 2.68 bits per heavy atom. The van der Waals surface area contributed by atoms with Crippen molar-refractivity contribution < 1.29 is 18.3 Å². The number of anilines is 1. The van der Waals surface area contributed by atoms with Gasteiger partial charge in [0.15, 0.2) is 5.82 Å². The van der Waals surface area contributed by atoms with Crippen LogP contribution >= 0.6 is 11.3 Å². The molecule has 0 aliphatic carbocycles. The van der Waals surface area contributed by atoms with Gasteiger partial charge in [-0.15, -0.1) is 11.3 Å². The zero-order chi connectivity index (χ0) is 14.2. The van der Waals surface area contributed by atoms with Crippen LogP contribution < -0.4 is 4.72 Å². The molecule has 7 nitrogen and oxygen atoms in total. The number of hydrogen-bond donors (Lipinski definition) is 3. The van der Waals surface area contributed by atoms with Crippen molar-refractivity contribution in [3.63, 3.8) is 0 Å². The van der Waals surface area contributed by atoms with E-state index in [-0.39, 0.29) is 15.6 Å². The highest BCUT2D eigenvalue weighted by atomic mass is 32.2.